The Morgan fingerprint density at radius 1 is 1.04 bits per heavy atom. The van der Waals surface area contributed by atoms with Gasteiger partial charge in [-0.3, -0.25) is 4.57 Å². The molecule has 0 bridgehead atoms. The Bertz CT molecular complexity index is 858. The average Bonchev–Trinajstić information content (AvgIpc) is 3.37. The summed E-state index contributed by atoms with van der Waals surface area (Å²) < 4.78 is 1.95. The molecule has 27 heavy (non-hydrogen) atoms. The summed E-state index contributed by atoms with van der Waals surface area (Å²) in [5.41, 5.74) is 3.69. The van der Waals surface area contributed by atoms with E-state index in [1.54, 1.807) is 12.7 Å². The number of hydrogen-bond acceptors (Lipinski definition) is 4. The Morgan fingerprint density at radius 3 is 2.52 bits per heavy atom. The highest BCUT2D eigenvalue weighted by Crippen LogP contribution is 2.23. The van der Waals surface area contributed by atoms with Crippen LogP contribution in [0.2, 0.25) is 0 Å². The standard InChI is InChI=1S/C21H28N6/c1-2-3-8-25-10-12-26(13-11-25)9-4-5-18-15-22-21-7-6-19(14-20(18)21)27-16-23-24-17-27/h2,6-7,14-17,22H,1,3-5,8-13H2. The van der Waals surface area contributed by atoms with Crippen LogP contribution in [0, 0.1) is 0 Å². The van der Waals surface area contributed by atoms with Crippen molar-refractivity contribution in [1.29, 1.82) is 0 Å². The van der Waals surface area contributed by atoms with Gasteiger partial charge >= 0.3 is 0 Å². The molecule has 0 saturated carbocycles. The molecule has 0 spiro atoms. The minimum atomic E-state index is 1.09. The molecular weight excluding hydrogens is 336 g/mol. The third-order valence-corrected chi connectivity index (χ3v) is 5.50. The fraction of sp³-hybridized carbons (Fsp3) is 0.429. The number of aryl methyl sites for hydroxylation is 1. The third kappa shape index (κ3) is 4.28. The van der Waals surface area contributed by atoms with Crippen LogP contribution < -0.4 is 0 Å². The monoisotopic (exact) mass is 364 g/mol. The molecule has 3 heterocycles. The molecule has 0 atom stereocenters. The zero-order valence-corrected chi connectivity index (χ0v) is 15.8. The molecule has 0 unspecified atom stereocenters. The number of fused-ring (bicyclic) bond motifs is 1. The molecule has 1 fully saturated rings. The van der Waals surface area contributed by atoms with Crippen LogP contribution in [0.5, 0.6) is 0 Å². The Labute approximate surface area is 160 Å². The van der Waals surface area contributed by atoms with Gasteiger partial charge in [0.2, 0.25) is 0 Å². The first-order valence-electron chi connectivity index (χ1n) is 9.84. The van der Waals surface area contributed by atoms with Gasteiger partial charge in [0.05, 0.1) is 0 Å². The van der Waals surface area contributed by atoms with E-state index in [0.717, 1.165) is 25.1 Å². The normalized spacial score (nSPS) is 16.1. The molecule has 0 amide bonds. The number of aromatic nitrogens is 4. The van der Waals surface area contributed by atoms with Gasteiger partial charge in [-0.25, -0.2) is 0 Å². The number of nitrogens with one attached hydrogen (secondary N) is 1. The van der Waals surface area contributed by atoms with Gasteiger partial charge in [0.15, 0.2) is 0 Å². The first kappa shape index (κ1) is 17.9. The molecule has 1 aromatic carbocycles. The van der Waals surface area contributed by atoms with Crippen molar-refractivity contribution in [3.63, 3.8) is 0 Å². The van der Waals surface area contributed by atoms with Gasteiger partial charge in [-0.05, 0) is 49.6 Å². The summed E-state index contributed by atoms with van der Waals surface area (Å²) in [7, 11) is 0. The first-order valence-corrected chi connectivity index (χ1v) is 9.84. The molecule has 1 N–H and O–H groups in total. The van der Waals surface area contributed by atoms with E-state index < -0.39 is 0 Å². The van der Waals surface area contributed by atoms with Gasteiger partial charge in [-0.2, -0.15) is 0 Å². The Morgan fingerprint density at radius 2 is 1.78 bits per heavy atom. The van der Waals surface area contributed by atoms with E-state index in [9.17, 15) is 0 Å². The highest BCUT2D eigenvalue weighted by Gasteiger charge is 2.16. The summed E-state index contributed by atoms with van der Waals surface area (Å²) in [6, 6.07) is 6.46. The van der Waals surface area contributed by atoms with Crippen molar-refractivity contribution in [1.82, 2.24) is 29.5 Å². The quantitative estimate of drug-likeness (QED) is 0.625. The minimum absolute atomic E-state index is 1.09. The van der Waals surface area contributed by atoms with Crippen LogP contribution in [-0.2, 0) is 6.42 Å². The largest absolute Gasteiger partial charge is 0.361 e. The Balaban J connectivity index is 1.32. The predicted octanol–water partition coefficient (Wildman–Crippen LogP) is 2.87. The Hall–Kier alpha value is -2.44. The molecule has 1 saturated heterocycles. The van der Waals surface area contributed by atoms with Crippen LogP contribution in [0.25, 0.3) is 16.6 Å². The second-order valence-electron chi connectivity index (χ2n) is 7.28. The lowest BCUT2D eigenvalue weighted by Crippen LogP contribution is -2.46. The van der Waals surface area contributed by atoms with Crippen LogP contribution in [0.3, 0.4) is 0 Å². The van der Waals surface area contributed by atoms with Crippen LogP contribution in [0.15, 0.2) is 49.7 Å². The van der Waals surface area contributed by atoms with Gasteiger partial charge < -0.3 is 14.8 Å². The number of piperazine rings is 1. The summed E-state index contributed by atoms with van der Waals surface area (Å²) in [6.45, 7) is 10.9. The van der Waals surface area contributed by atoms with Crippen LogP contribution in [-0.4, -0.2) is 68.8 Å². The highest BCUT2D eigenvalue weighted by molar-refractivity contribution is 5.85. The maximum absolute atomic E-state index is 3.90. The number of benzene rings is 1. The highest BCUT2D eigenvalue weighted by atomic mass is 15.3. The number of hydrogen-bond donors (Lipinski definition) is 1. The first-order chi connectivity index (χ1) is 13.3. The molecular formula is C21H28N6. The maximum atomic E-state index is 3.90. The minimum Gasteiger partial charge on any atom is -0.361 e. The fourth-order valence-electron chi connectivity index (χ4n) is 3.87. The van der Waals surface area contributed by atoms with Gasteiger partial charge in [0, 0.05) is 55.5 Å². The lowest BCUT2D eigenvalue weighted by molar-refractivity contribution is 0.133. The Kier molecular flexibility index (Phi) is 5.65. The van der Waals surface area contributed by atoms with Crippen molar-refractivity contribution in [2.45, 2.75) is 19.3 Å². The number of aromatic amines is 1. The summed E-state index contributed by atoms with van der Waals surface area (Å²) in [6.07, 6.45) is 11.0. The molecule has 3 aromatic rings. The molecule has 1 aliphatic rings. The summed E-state index contributed by atoms with van der Waals surface area (Å²) in [5, 5.41) is 9.11. The summed E-state index contributed by atoms with van der Waals surface area (Å²) in [5.74, 6) is 0. The van der Waals surface area contributed by atoms with E-state index in [1.165, 1.54) is 55.6 Å². The van der Waals surface area contributed by atoms with E-state index in [2.05, 4.69) is 56.0 Å². The van der Waals surface area contributed by atoms with Crippen molar-refractivity contribution in [2.75, 3.05) is 39.3 Å². The maximum Gasteiger partial charge on any atom is 0.123 e. The van der Waals surface area contributed by atoms with Crippen molar-refractivity contribution >= 4 is 10.9 Å². The SMILES string of the molecule is C=CCCN1CCN(CCCc2c[nH]c3ccc(-n4cnnc4)cc23)CC1. The van der Waals surface area contributed by atoms with E-state index in [4.69, 9.17) is 0 Å². The second-order valence-corrected chi connectivity index (χ2v) is 7.28. The van der Waals surface area contributed by atoms with Gasteiger partial charge in [0.1, 0.15) is 12.7 Å². The number of H-pyrrole nitrogens is 1. The van der Waals surface area contributed by atoms with Crippen LogP contribution in [0.1, 0.15) is 18.4 Å². The molecule has 1 aliphatic heterocycles. The molecule has 6 heteroatoms. The van der Waals surface area contributed by atoms with E-state index in [0.29, 0.717) is 0 Å². The third-order valence-electron chi connectivity index (χ3n) is 5.50. The molecule has 6 nitrogen and oxygen atoms in total. The number of nitrogens with zero attached hydrogens (tertiary/aromatic N) is 5. The summed E-state index contributed by atoms with van der Waals surface area (Å²) >= 11 is 0. The van der Waals surface area contributed by atoms with E-state index in [-0.39, 0.29) is 0 Å². The average molecular weight is 364 g/mol. The van der Waals surface area contributed by atoms with Crippen molar-refractivity contribution < 1.29 is 0 Å². The molecule has 4 rings (SSSR count). The van der Waals surface area contributed by atoms with Crippen molar-refractivity contribution in [3.05, 3.63) is 55.3 Å². The fourth-order valence-corrected chi connectivity index (χ4v) is 3.87. The van der Waals surface area contributed by atoms with Crippen LogP contribution >= 0.6 is 0 Å². The van der Waals surface area contributed by atoms with Gasteiger partial charge in [-0.1, -0.05) is 6.08 Å². The predicted molar refractivity (Wildman–Crippen MR) is 109 cm³/mol. The lowest BCUT2D eigenvalue weighted by atomic mass is 10.1. The molecule has 142 valence electrons. The van der Waals surface area contributed by atoms with Crippen molar-refractivity contribution in [3.8, 4) is 5.69 Å². The van der Waals surface area contributed by atoms with Crippen LogP contribution in [0.4, 0.5) is 0 Å². The smallest absolute Gasteiger partial charge is 0.123 e. The van der Waals surface area contributed by atoms with E-state index >= 15 is 0 Å². The molecule has 0 aliphatic carbocycles. The lowest BCUT2D eigenvalue weighted by Gasteiger charge is -2.34. The molecule has 0 radical (unpaired) electrons. The summed E-state index contributed by atoms with van der Waals surface area (Å²) in [4.78, 5) is 8.55. The van der Waals surface area contributed by atoms with Crippen molar-refractivity contribution in [2.24, 2.45) is 0 Å². The molecule has 2 aromatic heterocycles. The zero-order valence-electron chi connectivity index (χ0n) is 15.8. The second kappa shape index (κ2) is 8.50. The number of rotatable bonds is 8. The van der Waals surface area contributed by atoms with Gasteiger partial charge in [0.25, 0.3) is 0 Å². The zero-order chi connectivity index (χ0) is 18.5. The van der Waals surface area contributed by atoms with E-state index in [1.807, 2.05) is 10.6 Å². The topological polar surface area (TPSA) is 53.0 Å². The van der Waals surface area contributed by atoms with Gasteiger partial charge in [-0.15, -0.1) is 16.8 Å².